The Hall–Kier alpha value is -4.00. The van der Waals surface area contributed by atoms with Crippen LogP contribution in [0.25, 0.3) is 22.4 Å². The van der Waals surface area contributed by atoms with Crippen molar-refractivity contribution < 1.29 is 18.8 Å². The number of aryl methyl sites for hydroxylation is 2. The van der Waals surface area contributed by atoms with Crippen LogP contribution in [-0.4, -0.2) is 29.1 Å². The summed E-state index contributed by atoms with van der Waals surface area (Å²) in [5, 5.41) is 7.34. The SMILES string of the molecule is COC(=O)c1cccc(NC(=O)c2cc(-c3ccc(C)cc3)nc3onc(C)c23)c1. The Morgan fingerprint density at radius 1 is 1.03 bits per heavy atom. The minimum absolute atomic E-state index is 0.291. The van der Waals surface area contributed by atoms with Crippen LogP contribution in [0, 0.1) is 13.8 Å². The average Bonchev–Trinajstić information content (AvgIpc) is 3.14. The fourth-order valence-corrected chi connectivity index (χ4v) is 3.19. The molecule has 0 saturated heterocycles. The molecule has 0 spiro atoms. The van der Waals surface area contributed by atoms with E-state index < -0.39 is 5.97 Å². The number of carbonyl (C=O) groups is 2. The second-order valence-electron chi connectivity index (χ2n) is 6.90. The monoisotopic (exact) mass is 401 g/mol. The number of benzene rings is 2. The Labute approximate surface area is 172 Å². The molecule has 0 atom stereocenters. The molecule has 2 aromatic heterocycles. The molecule has 2 heterocycles. The summed E-state index contributed by atoms with van der Waals surface area (Å²) >= 11 is 0. The molecule has 0 bridgehead atoms. The van der Waals surface area contributed by atoms with E-state index in [1.54, 1.807) is 37.3 Å². The van der Waals surface area contributed by atoms with Crippen molar-refractivity contribution in [1.29, 1.82) is 0 Å². The normalized spacial score (nSPS) is 10.8. The van der Waals surface area contributed by atoms with Crippen LogP contribution in [-0.2, 0) is 4.74 Å². The third-order valence-electron chi connectivity index (χ3n) is 4.75. The number of carbonyl (C=O) groups excluding carboxylic acids is 2. The highest BCUT2D eigenvalue weighted by molar-refractivity contribution is 6.13. The summed E-state index contributed by atoms with van der Waals surface area (Å²) < 4.78 is 10.1. The minimum Gasteiger partial charge on any atom is -0.465 e. The highest BCUT2D eigenvalue weighted by atomic mass is 16.5. The quantitative estimate of drug-likeness (QED) is 0.504. The molecule has 0 aliphatic heterocycles. The number of aromatic nitrogens is 2. The number of nitrogens with zero attached hydrogens (tertiary/aromatic N) is 2. The van der Waals surface area contributed by atoms with Crippen molar-refractivity contribution in [2.75, 3.05) is 12.4 Å². The molecule has 1 amide bonds. The van der Waals surface area contributed by atoms with Crippen molar-refractivity contribution in [3.63, 3.8) is 0 Å². The molecule has 7 heteroatoms. The van der Waals surface area contributed by atoms with Crippen LogP contribution in [0.5, 0.6) is 0 Å². The number of ether oxygens (including phenoxy) is 1. The van der Waals surface area contributed by atoms with Gasteiger partial charge in [0.15, 0.2) is 0 Å². The summed E-state index contributed by atoms with van der Waals surface area (Å²) in [5.41, 5.74) is 4.65. The van der Waals surface area contributed by atoms with Crippen molar-refractivity contribution in [3.05, 3.63) is 77.0 Å². The lowest BCUT2D eigenvalue weighted by molar-refractivity contribution is 0.0600. The van der Waals surface area contributed by atoms with Crippen LogP contribution < -0.4 is 5.32 Å². The van der Waals surface area contributed by atoms with Crippen LogP contribution in [0.3, 0.4) is 0 Å². The van der Waals surface area contributed by atoms with Gasteiger partial charge in [0, 0.05) is 11.3 Å². The lowest BCUT2D eigenvalue weighted by atomic mass is 10.0. The summed E-state index contributed by atoms with van der Waals surface area (Å²) in [6.45, 7) is 3.76. The molecule has 150 valence electrons. The molecule has 0 unspecified atom stereocenters. The molecule has 1 N–H and O–H groups in total. The lowest BCUT2D eigenvalue weighted by Crippen LogP contribution is -2.14. The number of hydrogen-bond donors (Lipinski definition) is 1. The number of fused-ring (bicyclic) bond motifs is 1. The maximum Gasteiger partial charge on any atom is 0.337 e. The molecule has 2 aromatic carbocycles. The summed E-state index contributed by atoms with van der Waals surface area (Å²) in [7, 11) is 1.31. The highest BCUT2D eigenvalue weighted by Crippen LogP contribution is 2.28. The predicted octanol–water partition coefficient (Wildman–Crippen LogP) is 4.55. The minimum atomic E-state index is -0.478. The van der Waals surface area contributed by atoms with Gasteiger partial charge in [-0.2, -0.15) is 0 Å². The van der Waals surface area contributed by atoms with Crippen LogP contribution in [0.15, 0.2) is 59.1 Å². The fourth-order valence-electron chi connectivity index (χ4n) is 3.19. The molecule has 0 fully saturated rings. The van der Waals surface area contributed by atoms with Crippen molar-refractivity contribution >= 4 is 28.7 Å². The molecule has 0 radical (unpaired) electrons. The first-order valence-electron chi connectivity index (χ1n) is 9.30. The standard InChI is InChI=1S/C23H19N3O4/c1-13-7-9-15(10-8-13)19-12-18(20-14(2)26-30-22(20)25-19)21(27)24-17-6-4-5-16(11-17)23(28)29-3/h4-12H,1-3H3,(H,24,27). The number of anilines is 1. The van der Waals surface area contributed by atoms with Gasteiger partial charge in [0.1, 0.15) is 0 Å². The Morgan fingerprint density at radius 3 is 2.53 bits per heavy atom. The van der Waals surface area contributed by atoms with Gasteiger partial charge in [0.05, 0.1) is 35.0 Å². The Bertz CT molecular complexity index is 1260. The maximum absolute atomic E-state index is 13.1. The van der Waals surface area contributed by atoms with E-state index in [0.29, 0.717) is 39.3 Å². The first-order chi connectivity index (χ1) is 14.5. The van der Waals surface area contributed by atoms with E-state index in [0.717, 1.165) is 11.1 Å². The molecule has 0 saturated carbocycles. The number of esters is 1. The predicted molar refractivity (Wildman–Crippen MR) is 112 cm³/mol. The van der Waals surface area contributed by atoms with Gasteiger partial charge in [-0.15, -0.1) is 0 Å². The second-order valence-corrected chi connectivity index (χ2v) is 6.90. The molecule has 7 nitrogen and oxygen atoms in total. The zero-order valence-corrected chi connectivity index (χ0v) is 16.7. The van der Waals surface area contributed by atoms with E-state index in [2.05, 4.69) is 15.5 Å². The third kappa shape index (κ3) is 3.65. The summed E-state index contributed by atoms with van der Waals surface area (Å²) in [4.78, 5) is 29.4. The zero-order chi connectivity index (χ0) is 21.3. The first-order valence-corrected chi connectivity index (χ1v) is 9.30. The molecular weight excluding hydrogens is 382 g/mol. The van der Waals surface area contributed by atoms with E-state index in [4.69, 9.17) is 9.26 Å². The van der Waals surface area contributed by atoms with Crippen molar-refractivity contribution in [1.82, 2.24) is 10.1 Å². The Morgan fingerprint density at radius 2 is 1.80 bits per heavy atom. The number of methoxy groups -OCH3 is 1. The maximum atomic E-state index is 13.1. The van der Waals surface area contributed by atoms with Crippen LogP contribution in [0.1, 0.15) is 32.0 Å². The number of hydrogen-bond acceptors (Lipinski definition) is 6. The van der Waals surface area contributed by atoms with Gasteiger partial charge in [-0.1, -0.05) is 41.1 Å². The summed E-state index contributed by atoms with van der Waals surface area (Å²) in [6.07, 6.45) is 0. The van der Waals surface area contributed by atoms with Crippen LogP contribution in [0.4, 0.5) is 5.69 Å². The molecular formula is C23H19N3O4. The first kappa shape index (κ1) is 19.3. The van der Waals surface area contributed by atoms with E-state index in [1.807, 2.05) is 31.2 Å². The van der Waals surface area contributed by atoms with Gasteiger partial charge in [-0.3, -0.25) is 4.79 Å². The van der Waals surface area contributed by atoms with Crippen LogP contribution in [0.2, 0.25) is 0 Å². The van der Waals surface area contributed by atoms with Gasteiger partial charge in [0.2, 0.25) is 0 Å². The van der Waals surface area contributed by atoms with E-state index in [9.17, 15) is 9.59 Å². The number of pyridine rings is 1. The molecule has 0 aliphatic rings. The second kappa shape index (κ2) is 7.79. The van der Waals surface area contributed by atoms with Gasteiger partial charge in [-0.25, -0.2) is 9.78 Å². The average molecular weight is 401 g/mol. The fraction of sp³-hybridized carbons (Fsp3) is 0.130. The summed E-state index contributed by atoms with van der Waals surface area (Å²) in [5.74, 6) is -0.835. The molecule has 0 aliphatic carbocycles. The van der Waals surface area contributed by atoms with Crippen molar-refractivity contribution in [2.24, 2.45) is 0 Å². The topological polar surface area (TPSA) is 94.3 Å². The highest BCUT2D eigenvalue weighted by Gasteiger charge is 2.20. The van der Waals surface area contributed by atoms with Crippen molar-refractivity contribution in [2.45, 2.75) is 13.8 Å². The largest absolute Gasteiger partial charge is 0.465 e. The van der Waals surface area contributed by atoms with Gasteiger partial charge in [0.25, 0.3) is 11.6 Å². The number of rotatable bonds is 4. The van der Waals surface area contributed by atoms with E-state index in [-0.39, 0.29) is 5.91 Å². The lowest BCUT2D eigenvalue weighted by Gasteiger charge is -2.09. The Kier molecular flexibility index (Phi) is 5.02. The zero-order valence-electron chi connectivity index (χ0n) is 16.7. The van der Waals surface area contributed by atoms with E-state index >= 15 is 0 Å². The smallest absolute Gasteiger partial charge is 0.337 e. The van der Waals surface area contributed by atoms with Gasteiger partial charge >= 0.3 is 5.97 Å². The van der Waals surface area contributed by atoms with Gasteiger partial charge in [-0.05, 0) is 38.1 Å². The van der Waals surface area contributed by atoms with E-state index in [1.165, 1.54) is 7.11 Å². The number of amides is 1. The number of nitrogens with one attached hydrogen (secondary N) is 1. The Balaban J connectivity index is 1.75. The third-order valence-corrected chi connectivity index (χ3v) is 4.75. The summed E-state index contributed by atoms with van der Waals surface area (Å²) in [6, 6.07) is 16.1. The molecule has 4 rings (SSSR count). The van der Waals surface area contributed by atoms with Crippen LogP contribution >= 0.6 is 0 Å². The van der Waals surface area contributed by atoms with Gasteiger partial charge < -0.3 is 14.6 Å². The van der Waals surface area contributed by atoms with Crippen molar-refractivity contribution in [3.8, 4) is 11.3 Å². The molecule has 4 aromatic rings. The molecule has 30 heavy (non-hydrogen) atoms.